The molecule has 2 saturated heterocycles. The van der Waals surface area contributed by atoms with Crippen molar-refractivity contribution in [2.24, 2.45) is 11.3 Å². The standard InChI is InChI=1S/C40H45F2N5O5/c1-4-28-30(41)10-9-25-20-26(48)21-29(32(25)28)35-34(42)36-33(38(43-35)50-3)37(46-14-7-16-51-17-15-46)45-39(44-36)52-23-40-11-5-8-31(40)47(13-6-12-40)22-24-18-27(19-24)49-2/h1,9-10,20-21,24,27,31,48H,5-8,11-19,22-23H2,2-3H3/t24?,27?,31-,40-/m1/s1. The van der Waals surface area contributed by atoms with Gasteiger partial charge in [-0.2, -0.15) is 9.97 Å². The van der Waals surface area contributed by atoms with Crippen molar-refractivity contribution in [1.82, 2.24) is 19.9 Å². The second-order valence-corrected chi connectivity index (χ2v) is 14.8. The summed E-state index contributed by atoms with van der Waals surface area (Å²) in [5.74, 6) is 2.00. The number of benzene rings is 2. The summed E-state index contributed by atoms with van der Waals surface area (Å²) >= 11 is 0. The van der Waals surface area contributed by atoms with E-state index in [9.17, 15) is 5.11 Å². The number of fused-ring (bicyclic) bond motifs is 3. The second-order valence-electron chi connectivity index (χ2n) is 14.8. The van der Waals surface area contributed by atoms with Crippen molar-refractivity contribution in [1.29, 1.82) is 0 Å². The van der Waals surface area contributed by atoms with Crippen molar-refractivity contribution in [2.75, 3.05) is 65.1 Å². The first kappa shape index (κ1) is 34.8. The zero-order valence-corrected chi connectivity index (χ0v) is 29.8. The molecular formula is C40H45F2N5O5. The van der Waals surface area contributed by atoms with Crippen molar-refractivity contribution in [3.05, 3.63) is 41.5 Å². The quantitative estimate of drug-likeness (QED) is 0.194. The zero-order chi connectivity index (χ0) is 36.0. The number of piperidine rings is 1. The molecule has 2 aliphatic carbocycles. The first-order valence-corrected chi connectivity index (χ1v) is 18.4. The number of phenols is 1. The number of aromatic hydroxyl groups is 1. The van der Waals surface area contributed by atoms with E-state index < -0.39 is 11.6 Å². The number of terminal acetylenes is 1. The van der Waals surface area contributed by atoms with Crippen molar-refractivity contribution in [2.45, 2.75) is 63.5 Å². The first-order valence-electron chi connectivity index (χ1n) is 18.4. The number of hydrogen-bond acceptors (Lipinski definition) is 10. The number of ether oxygens (including phenoxy) is 4. The third-order valence-corrected chi connectivity index (χ3v) is 11.8. The molecule has 12 heteroatoms. The molecule has 4 aliphatic rings. The van der Waals surface area contributed by atoms with Crippen LogP contribution in [0, 0.1) is 35.3 Å². The lowest BCUT2D eigenvalue weighted by Gasteiger charge is -2.48. The number of aromatic nitrogens is 3. The maximum atomic E-state index is 17.2. The van der Waals surface area contributed by atoms with Gasteiger partial charge in [-0.05, 0) is 81.0 Å². The Labute approximate surface area is 302 Å². The Morgan fingerprint density at radius 2 is 1.87 bits per heavy atom. The van der Waals surface area contributed by atoms with Crippen LogP contribution in [0.3, 0.4) is 0 Å². The number of hydrogen-bond donors (Lipinski definition) is 1. The van der Waals surface area contributed by atoms with Gasteiger partial charge in [0, 0.05) is 55.8 Å². The van der Waals surface area contributed by atoms with E-state index in [2.05, 4.69) is 15.8 Å². The summed E-state index contributed by atoms with van der Waals surface area (Å²) in [5.41, 5.74) is -0.235. The molecule has 2 aromatic carbocycles. The van der Waals surface area contributed by atoms with Crippen LogP contribution in [0.5, 0.6) is 17.6 Å². The number of rotatable bonds is 9. The molecule has 1 N–H and O–H groups in total. The van der Waals surface area contributed by atoms with Gasteiger partial charge >= 0.3 is 6.01 Å². The molecule has 8 rings (SSSR count). The van der Waals surface area contributed by atoms with Gasteiger partial charge in [0.15, 0.2) is 5.82 Å². The van der Waals surface area contributed by atoms with E-state index in [-0.39, 0.29) is 50.8 Å². The predicted octanol–water partition coefficient (Wildman–Crippen LogP) is 6.48. The fourth-order valence-electron chi connectivity index (χ4n) is 9.22. The fraction of sp³-hybridized carbons (Fsp3) is 0.525. The zero-order valence-electron chi connectivity index (χ0n) is 29.8. The predicted molar refractivity (Wildman–Crippen MR) is 194 cm³/mol. The van der Waals surface area contributed by atoms with Crippen molar-refractivity contribution in [3.8, 4) is 41.2 Å². The molecule has 0 spiro atoms. The Bertz CT molecular complexity index is 2030. The fourth-order valence-corrected chi connectivity index (χ4v) is 9.22. The minimum atomic E-state index is -0.787. The molecule has 4 heterocycles. The highest BCUT2D eigenvalue weighted by Crippen LogP contribution is 2.49. The smallest absolute Gasteiger partial charge is 0.319 e. The van der Waals surface area contributed by atoms with E-state index in [1.165, 1.54) is 31.4 Å². The molecule has 0 amide bonds. The highest BCUT2D eigenvalue weighted by molar-refractivity contribution is 6.04. The highest BCUT2D eigenvalue weighted by Gasteiger charge is 2.49. The lowest BCUT2D eigenvalue weighted by Crippen LogP contribution is -2.54. The molecule has 2 aliphatic heterocycles. The molecule has 2 atom stereocenters. The van der Waals surface area contributed by atoms with Crippen LogP contribution < -0.4 is 14.4 Å². The summed E-state index contributed by atoms with van der Waals surface area (Å²) in [6, 6.07) is 5.97. The van der Waals surface area contributed by atoms with E-state index in [1.54, 1.807) is 7.11 Å². The molecule has 0 bridgehead atoms. The van der Waals surface area contributed by atoms with Gasteiger partial charge in [-0.3, -0.25) is 4.90 Å². The molecule has 2 aromatic heterocycles. The van der Waals surface area contributed by atoms with Gasteiger partial charge in [-0.1, -0.05) is 18.4 Å². The average molecular weight is 714 g/mol. The summed E-state index contributed by atoms with van der Waals surface area (Å²) in [5, 5.41) is 11.7. The van der Waals surface area contributed by atoms with Crippen LogP contribution in [-0.2, 0) is 9.47 Å². The minimum Gasteiger partial charge on any atom is -0.508 e. The second kappa shape index (κ2) is 14.3. The third-order valence-electron chi connectivity index (χ3n) is 11.8. The first-order chi connectivity index (χ1) is 25.3. The molecule has 0 unspecified atom stereocenters. The van der Waals surface area contributed by atoms with Crippen LogP contribution in [0.1, 0.15) is 56.9 Å². The van der Waals surface area contributed by atoms with Gasteiger partial charge in [0.05, 0.1) is 32.0 Å². The Morgan fingerprint density at radius 1 is 1.02 bits per heavy atom. The SMILES string of the molecule is C#Cc1c(F)ccc2cc(O)cc(-c3nc(OC)c4c(N5CCCOCC5)nc(OC[C@]56CCC[C@H]5N(CC5CC(OC)C5)CCC6)nc4c3F)c12. The Morgan fingerprint density at radius 3 is 2.67 bits per heavy atom. The third kappa shape index (κ3) is 6.16. The number of likely N-dealkylation sites (tertiary alicyclic amines) is 1. The Hall–Kier alpha value is -4.31. The van der Waals surface area contributed by atoms with Crippen LogP contribution >= 0.6 is 0 Å². The lowest BCUT2D eigenvalue weighted by atomic mass is 9.74. The van der Waals surface area contributed by atoms with Gasteiger partial charge in [-0.25, -0.2) is 13.8 Å². The molecule has 0 radical (unpaired) electrons. The van der Waals surface area contributed by atoms with Crippen molar-refractivity contribution < 1.29 is 32.8 Å². The maximum Gasteiger partial charge on any atom is 0.319 e. The average Bonchev–Trinajstić information content (AvgIpc) is 3.39. The van der Waals surface area contributed by atoms with Crippen LogP contribution in [0.4, 0.5) is 14.6 Å². The molecule has 52 heavy (non-hydrogen) atoms. The Balaban J connectivity index is 1.22. The molecule has 274 valence electrons. The van der Waals surface area contributed by atoms with Crippen LogP contribution in [0.2, 0.25) is 0 Å². The summed E-state index contributed by atoms with van der Waals surface area (Å²) < 4.78 is 55.9. The summed E-state index contributed by atoms with van der Waals surface area (Å²) in [4.78, 5) is 19.0. The molecule has 10 nitrogen and oxygen atoms in total. The van der Waals surface area contributed by atoms with Crippen molar-refractivity contribution >= 4 is 27.5 Å². The lowest BCUT2D eigenvalue weighted by molar-refractivity contribution is -0.0457. The molecule has 2 saturated carbocycles. The number of phenolic OH excluding ortho intramolecular Hbond substituents is 1. The number of halogens is 2. The number of pyridine rings is 1. The largest absolute Gasteiger partial charge is 0.508 e. The molecular weight excluding hydrogens is 668 g/mol. The maximum absolute atomic E-state index is 17.2. The van der Waals surface area contributed by atoms with Gasteiger partial charge < -0.3 is 29.0 Å². The normalized spacial score (nSPS) is 25.1. The van der Waals surface area contributed by atoms with E-state index in [4.69, 9.17) is 35.3 Å². The van der Waals surface area contributed by atoms with Crippen molar-refractivity contribution in [3.63, 3.8) is 0 Å². The number of methoxy groups -OCH3 is 2. The monoisotopic (exact) mass is 713 g/mol. The van der Waals surface area contributed by atoms with E-state index in [1.807, 2.05) is 4.90 Å². The topological polar surface area (TPSA) is 102 Å². The number of nitrogens with zero attached hydrogens (tertiary/aromatic N) is 5. The van der Waals surface area contributed by atoms with E-state index in [0.29, 0.717) is 67.6 Å². The summed E-state index contributed by atoms with van der Waals surface area (Å²) in [7, 11) is 3.25. The van der Waals surface area contributed by atoms with Crippen LogP contribution in [-0.4, -0.2) is 97.3 Å². The van der Waals surface area contributed by atoms with Gasteiger partial charge in [0.25, 0.3) is 0 Å². The minimum absolute atomic E-state index is 0.0482. The summed E-state index contributed by atoms with van der Waals surface area (Å²) in [6.07, 6.45) is 14.6. The van der Waals surface area contributed by atoms with Gasteiger partial charge in [0.1, 0.15) is 34.0 Å². The van der Waals surface area contributed by atoms with Crippen LogP contribution in [0.15, 0.2) is 24.3 Å². The van der Waals surface area contributed by atoms with Crippen LogP contribution in [0.25, 0.3) is 32.9 Å². The summed E-state index contributed by atoms with van der Waals surface area (Å²) in [6.45, 7) is 4.80. The molecule has 4 fully saturated rings. The highest BCUT2D eigenvalue weighted by atomic mass is 19.1. The molecule has 4 aromatic rings. The van der Waals surface area contributed by atoms with E-state index in [0.717, 1.165) is 64.5 Å². The van der Waals surface area contributed by atoms with Gasteiger partial charge in [-0.15, -0.1) is 6.42 Å². The van der Waals surface area contributed by atoms with Gasteiger partial charge in [0.2, 0.25) is 5.88 Å². The Kier molecular flexibility index (Phi) is 9.53. The van der Waals surface area contributed by atoms with E-state index >= 15 is 8.78 Å². The number of anilines is 1.